The van der Waals surface area contributed by atoms with Crippen LogP contribution in [0.2, 0.25) is 0 Å². The number of ether oxygens (including phenoxy) is 2. The molecule has 1 amide bonds. The predicted octanol–water partition coefficient (Wildman–Crippen LogP) is 4.03. The molecule has 0 aliphatic carbocycles. The van der Waals surface area contributed by atoms with Crippen molar-refractivity contribution in [3.05, 3.63) is 29.8 Å². The Morgan fingerprint density at radius 1 is 1.07 bits per heavy atom. The van der Waals surface area contributed by atoms with E-state index < -0.39 is 11.2 Å². The van der Waals surface area contributed by atoms with Gasteiger partial charge >= 0.3 is 12.1 Å². The number of benzene rings is 1. The molecule has 2 rings (SSSR count). The smallest absolute Gasteiger partial charge is 0.410 e. The van der Waals surface area contributed by atoms with Gasteiger partial charge in [-0.05, 0) is 78.0 Å². The van der Waals surface area contributed by atoms with Gasteiger partial charge in [-0.1, -0.05) is 12.1 Å². The third-order valence-electron chi connectivity index (χ3n) is 4.59. The van der Waals surface area contributed by atoms with E-state index in [9.17, 15) is 9.59 Å². The molecule has 1 fully saturated rings. The van der Waals surface area contributed by atoms with Crippen molar-refractivity contribution in [1.29, 1.82) is 0 Å². The first kappa shape index (κ1) is 22.1. The average molecular weight is 391 g/mol. The second-order valence-electron chi connectivity index (χ2n) is 9.56. The summed E-state index contributed by atoms with van der Waals surface area (Å²) < 4.78 is 11.2. The Bertz CT molecular complexity index is 686. The van der Waals surface area contributed by atoms with Crippen LogP contribution in [0, 0.1) is 11.8 Å². The second kappa shape index (κ2) is 8.41. The van der Waals surface area contributed by atoms with E-state index in [-0.39, 0.29) is 23.9 Å². The number of nitrogens with two attached hydrogens (primary N) is 1. The van der Waals surface area contributed by atoms with Crippen LogP contribution in [0.5, 0.6) is 0 Å². The minimum Gasteiger partial charge on any atom is -0.460 e. The molecule has 0 radical (unpaired) electrons. The van der Waals surface area contributed by atoms with Gasteiger partial charge in [0, 0.05) is 18.8 Å². The topological polar surface area (TPSA) is 81.9 Å². The summed E-state index contributed by atoms with van der Waals surface area (Å²) in [5.41, 5.74) is 6.40. The first-order chi connectivity index (χ1) is 12.8. The molecular formula is C22H34N2O4. The molecule has 0 aromatic heterocycles. The van der Waals surface area contributed by atoms with Gasteiger partial charge in [0.05, 0.1) is 5.92 Å². The Hall–Kier alpha value is -2.24. The Morgan fingerprint density at radius 3 is 2.18 bits per heavy atom. The number of likely N-dealkylation sites (tertiary alicyclic amines) is 1. The molecule has 2 atom stereocenters. The number of anilines is 1. The molecule has 0 spiro atoms. The molecule has 6 heteroatoms. The summed E-state index contributed by atoms with van der Waals surface area (Å²) >= 11 is 0. The zero-order chi connectivity index (χ0) is 21.1. The molecule has 1 aromatic carbocycles. The highest BCUT2D eigenvalue weighted by Gasteiger charge is 2.39. The molecule has 156 valence electrons. The summed E-state index contributed by atoms with van der Waals surface area (Å²) in [4.78, 5) is 27.0. The zero-order valence-electron chi connectivity index (χ0n) is 18.0. The maximum Gasteiger partial charge on any atom is 0.410 e. The monoisotopic (exact) mass is 390 g/mol. The molecule has 1 heterocycles. The summed E-state index contributed by atoms with van der Waals surface area (Å²) in [6, 6.07) is 7.55. The normalized spacial score (nSPS) is 18.6. The fraction of sp³-hybridized carbons (Fsp3) is 0.636. The van der Waals surface area contributed by atoms with Gasteiger partial charge in [0.2, 0.25) is 0 Å². The molecule has 1 saturated heterocycles. The van der Waals surface area contributed by atoms with Crippen LogP contribution in [-0.2, 0) is 20.7 Å². The molecule has 1 aliphatic rings. The first-order valence-corrected chi connectivity index (χ1v) is 9.89. The Balaban J connectivity index is 2.13. The highest BCUT2D eigenvalue weighted by molar-refractivity contribution is 5.74. The fourth-order valence-electron chi connectivity index (χ4n) is 3.34. The molecule has 1 aliphatic heterocycles. The van der Waals surface area contributed by atoms with Crippen LogP contribution >= 0.6 is 0 Å². The van der Waals surface area contributed by atoms with E-state index in [0.29, 0.717) is 25.2 Å². The quantitative estimate of drug-likeness (QED) is 0.620. The lowest BCUT2D eigenvalue weighted by Crippen LogP contribution is -2.38. The van der Waals surface area contributed by atoms with Crippen molar-refractivity contribution < 1.29 is 19.1 Å². The van der Waals surface area contributed by atoms with Gasteiger partial charge in [0.15, 0.2) is 0 Å². The highest BCUT2D eigenvalue weighted by Crippen LogP contribution is 2.30. The third-order valence-corrected chi connectivity index (χ3v) is 4.59. The number of nitrogen functional groups attached to an aromatic ring is 1. The van der Waals surface area contributed by atoms with Crippen molar-refractivity contribution >= 4 is 17.7 Å². The summed E-state index contributed by atoms with van der Waals surface area (Å²) in [6.45, 7) is 12.2. The molecule has 2 N–H and O–H groups in total. The third kappa shape index (κ3) is 6.73. The predicted molar refractivity (Wildman–Crippen MR) is 110 cm³/mol. The molecule has 0 saturated carbocycles. The highest BCUT2D eigenvalue weighted by atomic mass is 16.6. The van der Waals surface area contributed by atoms with Gasteiger partial charge in [-0.3, -0.25) is 4.79 Å². The number of carbonyl (C=O) groups is 2. The summed E-state index contributed by atoms with van der Waals surface area (Å²) in [5, 5.41) is 0. The van der Waals surface area contributed by atoms with E-state index in [0.717, 1.165) is 12.0 Å². The van der Waals surface area contributed by atoms with Crippen LogP contribution in [0.25, 0.3) is 0 Å². The number of carbonyl (C=O) groups excluding carboxylic acids is 2. The van der Waals surface area contributed by atoms with Gasteiger partial charge < -0.3 is 20.1 Å². The van der Waals surface area contributed by atoms with E-state index in [1.54, 1.807) is 4.90 Å². The van der Waals surface area contributed by atoms with Crippen molar-refractivity contribution in [3.63, 3.8) is 0 Å². The van der Waals surface area contributed by atoms with E-state index in [1.807, 2.05) is 65.8 Å². The van der Waals surface area contributed by atoms with E-state index in [4.69, 9.17) is 15.2 Å². The standard InChI is InChI=1S/C22H34N2O4/c1-21(2,3)27-19(25)18(13-15-7-9-17(23)10-8-15)16-11-12-24(14-16)20(26)28-22(4,5)6/h7-10,16,18H,11-14,23H2,1-6H3/t16-,18-/m0/s1. The van der Waals surface area contributed by atoms with E-state index in [2.05, 4.69) is 0 Å². The average Bonchev–Trinajstić information content (AvgIpc) is 3.00. The number of esters is 1. The number of nitrogens with zero attached hydrogens (tertiary/aromatic N) is 1. The number of rotatable bonds is 4. The Morgan fingerprint density at radius 2 is 1.64 bits per heavy atom. The molecule has 0 unspecified atom stereocenters. The van der Waals surface area contributed by atoms with Gasteiger partial charge in [-0.15, -0.1) is 0 Å². The molecule has 0 bridgehead atoms. The minimum absolute atomic E-state index is 0.0277. The Labute approximate surface area is 168 Å². The largest absolute Gasteiger partial charge is 0.460 e. The minimum atomic E-state index is -0.556. The maximum atomic E-state index is 12.9. The van der Waals surface area contributed by atoms with Crippen LogP contribution < -0.4 is 5.73 Å². The van der Waals surface area contributed by atoms with Gasteiger partial charge in [0.25, 0.3) is 0 Å². The van der Waals surface area contributed by atoms with Crippen molar-refractivity contribution in [2.24, 2.45) is 11.8 Å². The van der Waals surface area contributed by atoms with Gasteiger partial charge in [-0.2, -0.15) is 0 Å². The lowest BCUT2D eigenvalue weighted by molar-refractivity contribution is -0.161. The van der Waals surface area contributed by atoms with Crippen LogP contribution in [0.15, 0.2) is 24.3 Å². The molecule has 28 heavy (non-hydrogen) atoms. The van der Waals surface area contributed by atoms with Gasteiger partial charge in [0.1, 0.15) is 11.2 Å². The lowest BCUT2D eigenvalue weighted by atomic mass is 9.86. The van der Waals surface area contributed by atoms with Crippen molar-refractivity contribution in [2.45, 2.75) is 65.6 Å². The SMILES string of the molecule is CC(C)(C)OC(=O)[C@@H](Cc1ccc(N)cc1)[C@H]1CCN(C(=O)OC(C)(C)C)C1. The van der Waals surface area contributed by atoms with Crippen LogP contribution in [0.3, 0.4) is 0 Å². The van der Waals surface area contributed by atoms with Crippen molar-refractivity contribution in [3.8, 4) is 0 Å². The van der Waals surface area contributed by atoms with E-state index >= 15 is 0 Å². The first-order valence-electron chi connectivity index (χ1n) is 9.89. The molecule has 6 nitrogen and oxygen atoms in total. The Kier molecular flexibility index (Phi) is 6.63. The summed E-state index contributed by atoms with van der Waals surface area (Å²) in [5.74, 6) is -0.518. The van der Waals surface area contributed by atoms with E-state index in [1.165, 1.54) is 0 Å². The lowest BCUT2D eigenvalue weighted by Gasteiger charge is -2.28. The van der Waals surface area contributed by atoms with Crippen LogP contribution in [0.1, 0.15) is 53.5 Å². The molecular weight excluding hydrogens is 356 g/mol. The van der Waals surface area contributed by atoms with Gasteiger partial charge in [-0.25, -0.2) is 4.79 Å². The molecule has 1 aromatic rings. The zero-order valence-corrected chi connectivity index (χ0v) is 18.0. The second-order valence-corrected chi connectivity index (χ2v) is 9.56. The van der Waals surface area contributed by atoms with Crippen molar-refractivity contribution in [1.82, 2.24) is 4.90 Å². The number of amides is 1. The number of hydrogen-bond acceptors (Lipinski definition) is 5. The number of hydrogen-bond donors (Lipinski definition) is 1. The van der Waals surface area contributed by atoms with Crippen LogP contribution in [-0.4, -0.2) is 41.3 Å². The maximum absolute atomic E-state index is 12.9. The van der Waals surface area contributed by atoms with Crippen LogP contribution in [0.4, 0.5) is 10.5 Å². The summed E-state index contributed by atoms with van der Waals surface area (Å²) in [7, 11) is 0. The summed E-state index contributed by atoms with van der Waals surface area (Å²) in [6.07, 6.45) is 0.977. The van der Waals surface area contributed by atoms with Crippen molar-refractivity contribution in [2.75, 3.05) is 18.8 Å². The fourth-order valence-corrected chi connectivity index (χ4v) is 3.34.